The molecule has 0 saturated heterocycles. The van der Waals surface area contributed by atoms with Gasteiger partial charge in [-0.2, -0.15) is 0 Å². The molecular formula is C39H64O20. The number of hydrogen-bond acceptors (Lipinski definition) is 18. The monoisotopic (exact) mass is 852 g/mol. The fourth-order valence-electron chi connectivity index (χ4n) is 2.22. The first-order valence-electron chi connectivity index (χ1n) is 17.0. The molecule has 10 N–H and O–H groups in total. The van der Waals surface area contributed by atoms with E-state index in [0.29, 0.717) is 0 Å². The summed E-state index contributed by atoms with van der Waals surface area (Å²) in [5.74, 6) is -4.71. The van der Waals surface area contributed by atoms with Crippen molar-refractivity contribution >= 4 is 35.8 Å². The van der Waals surface area contributed by atoms with Gasteiger partial charge in [-0.25, -0.2) is 28.8 Å². The summed E-state index contributed by atoms with van der Waals surface area (Å²) in [5, 5.41) is 83.8. The summed E-state index contributed by atoms with van der Waals surface area (Å²) in [5.41, 5.74) is -2.70. The van der Waals surface area contributed by atoms with Crippen molar-refractivity contribution in [3.05, 3.63) is 72.9 Å². The van der Waals surface area contributed by atoms with Crippen molar-refractivity contribution in [1.82, 2.24) is 0 Å². The zero-order valence-electron chi connectivity index (χ0n) is 34.8. The van der Waals surface area contributed by atoms with Crippen molar-refractivity contribution in [2.45, 2.75) is 41.5 Å². The Morgan fingerprint density at radius 3 is 0.542 bits per heavy atom. The largest absolute Gasteiger partial charge is 0.478 e. The molecule has 0 bridgehead atoms. The third-order valence-electron chi connectivity index (χ3n) is 6.85. The second kappa shape index (κ2) is 33.9. The van der Waals surface area contributed by atoms with E-state index in [4.69, 9.17) is 70.0 Å². The summed E-state index contributed by atoms with van der Waals surface area (Å²) in [6.07, 6.45) is 0. The summed E-state index contributed by atoms with van der Waals surface area (Å²) >= 11 is 0. The van der Waals surface area contributed by atoms with Crippen molar-refractivity contribution in [1.29, 1.82) is 0 Å². The molecule has 0 aromatic carbocycles. The topological polar surface area (TPSA) is 342 Å². The minimum Gasteiger partial charge on any atom is -0.478 e. The molecule has 0 radical (unpaired) electrons. The number of carboxylic acids is 2. The van der Waals surface area contributed by atoms with Gasteiger partial charge in [-0.1, -0.05) is 39.5 Å². The predicted molar refractivity (Wildman–Crippen MR) is 212 cm³/mol. The molecule has 0 fully saturated rings. The third-order valence-corrected chi connectivity index (χ3v) is 6.85. The lowest BCUT2D eigenvalue weighted by Crippen LogP contribution is -2.44. The molecule has 0 atom stereocenters. The quantitative estimate of drug-likeness (QED) is 0.0377. The molecule has 0 aliphatic rings. The van der Waals surface area contributed by atoms with Gasteiger partial charge in [-0.05, 0) is 41.5 Å². The number of carboxylic acid groups (broad SMARTS) is 2. The molecule has 0 aliphatic carbocycles. The van der Waals surface area contributed by atoms with Crippen LogP contribution in [0.15, 0.2) is 72.9 Å². The van der Waals surface area contributed by atoms with Gasteiger partial charge < -0.3 is 70.0 Å². The van der Waals surface area contributed by atoms with E-state index in [9.17, 15) is 28.8 Å². The minimum absolute atomic E-state index is 0.135. The lowest BCUT2D eigenvalue weighted by molar-refractivity contribution is -0.165. The van der Waals surface area contributed by atoms with Gasteiger partial charge in [0.25, 0.3) is 0 Å². The molecule has 59 heavy (non-hydrogen) atoms. The number of aliphatic hydroxyl groups excluding tert-OH is 8. The Labute approximate surface area is 344 Å². The van der Waals surface area contributed by atoms with E-state index in [1.807, 2.05) is 0 Å². The van der Waals surface area contributed by atoms with Crippen LogP contribution in [0, 0.1) is 16.2 Å². The summed E-state index contributed by atoms with van der Waals surface area (Å²) in [6, 6.07) is 0. The summed E-state index contributed by atoms with van der Waals surface area (Å²) < 4.78 is 20.7. The van der Waals surface area contributed by atoms with Crippen molar-refractivity contribution in [2.75, 3.05) is 79.3 Å². The Hall–Kier alpha value is -5.06. The molecule has 0 spiro atoms. The minimum atomic E-state index is -1.37. The summed E-state index contributed by atoms with van der Waals surface area (Å²) in [6.45, 7) is 24.2. The zero-order valence-corrected chi connectivity index (χ0v) is 34.8. The third kappa shape index (κ3) is 30.7. The molecule has 20 nitrogen and oxygen atoms in total. The maximum absolute atomic E-state index is 11.8. The maximum atomic E-state index is 11.8. The van der Waals surface area contributed by atoms with Crippen LogP contribution in [0.4, 0.5) is 0 Å². The van der Waals surface area contributed by atoms with Crippen LogP contribution >= 0.6 is 0 Å². The first kappa shape index (κ1) is 63.1. The maximum Gasteiger partial charge on any atom is 0.333 e. The number of carbonyl (C=O) groups is 6. The highest BCUT2D eigenvalue weighted by atomic mass is 16.6. The Balaban J connectivity index is -0.000000260. The lowest BCUT2D eigenvalue weighted by atomic mass is 9.92. The molecule has 0 aromatic rings. The van der Waals surface area contributed by atoms with E-state index in [1.165, 1.54) is 41.5 Å². The van der Waals surface area contributed by atoms with Gasteiger partial charge in [0.15, 0.2) is 0 Å². The van der Waals surface area contributed by atoms with Gasteiger partial charge >= 0.3 is 35.8 Å². The number of aliphatic carboxylic acids is 2. The van der Waals surface area contributed by atoms with E-state index in [1.54, 1.807) is 0 Å². The molecular weight excluding hydrogens is 788 g/mol. The highest BCUT2D eigenvalue weighted by molar-refractivity contribution is 5.88. The van der Waals surface area contributed by atoms with Crippen LogP contribution in [0.5, 0.6) is 0 Å². The first-order valence-corrected chi connectivity index (χ1v) is 17.0. The number of rotatable bonds is 22. The second-order valence-electron chi connectivity index (χ2n) is 13.4. The van der Waals surface area contributed by atoms with E-state index in [0.717, 1.165) is 0 Å². The molecule has 20 heteroatoms. The standard InChI is InChI=1S/C21H28O8.2C5H12O4.2C4H6O2/c1-13(2)17(22)26-9-21(10-27-18(23)14(3)4,11-28-19(24)15(5)6)12-29-20(25)16(7)8;2*6-1-5(2-7,3-8)4-9;2*1-3(2)4(5)6/h1,3,5,7,9-12H2,2,4,6,8H3;2*6-9H,1-4H2;2*1H2,2H3,(H,5,6). The number of aliphatic hydroxyl groups is 8. The van der Waals surface area contributed by atoms with Crippen LogP contribution in [0.3, 0.4) is 0 Å². The fourth-order valence-corrected chi connectivity index (χ4v) is 2.22. The fraction of sp³-hybridized carbons (Fsp3) is 0.538. The molecule has 0 unspecified atom stereocenters. The van der Waals surface area contributed by atoms with E-state index in [2.05, 4.69) is 39.5 Å². The van der Waals surface area contributed by atoms with Crippen molar-refractivity contribution < 1.29 is 98.8 Å². The van der Waals surface area contributed by atoms with E-state index >= 15 is 0 Å². The van der Waals surface area contributed by atoms with Crippen molar-refractivity contribution in [3.63, 3.8) is 0 Å². The normalized spacial score (nSPS) is 10.3. The van der Waals surface area contributed by atoms with Crippen LogP contribution < -0.4 is 0 Å². The number of carbonyl (C=O) groups excluding carboxylic acids is 4. The molecule has 0 rings (SSSR count). The number of ether oxygens (including phenoxy) is 4. The van der Waals surface area contributed by atoms with Crippen LogP contribution in [0.1, 0.15) is 41.5 Å². The van der Waals surface area contributed by atoms with E-state index < -0.39 is 105 Å². The Bertz CT molecular complexity index is 1190. The average molecular weight is 853 g/mol. The SMILES string of the molecule is C=C(C)C(=O)O.C=C(C)C(=O)O.C=C(C)C(=O)OCC(COC(=O)C(=C)C)(COC(=O)C(=C)C)COC(=O)C(=C)C.OCC(CO)(CO)CO.OCC(CO)(CO)CO. The molecule has 0 amide bonds. The van der Waals surface area contributed by atoms with Crippen molar-refractivity contribution in [2.24, 2.45) is 16.2 Å². The number of esters is 4. The molecule has 0 aromatic heterocycles. The van der Waals surface area contributed by atoms with Crippen LogP contribution in [-0.4, -0.2) is 166 Å². The van der Waals surface area contributed by atoms with Gasteiger partial charge in [-0.3, -0.25) is 0 Å². The Kier molecular flexibility index (Phi) is 36.2. The van der Waals surface area contributed by atoms with Gasteiger partial charge in [0.05, 0.1) is 63.7 Å². The first-order chi connectivity index (χ1) is 27.1. The number of hydrogen-bond donors (Lipinski definition) is 10. The van der Waals surface area contributed by atoms with Crippen LogP contribution in [0.2, 0.25) is 0 Å². The highest BCUT2D eigenvalue weighted by Crippen LogP contribution is 2.23. The van der Waals surface area contributed by atoms with Gasteiger partial charge in [0, 0.05) is 33.4 Å². The van der Waals surface area contributed by atoms with Crippen LogP contribution in [0.25, 0.3) is 0 Å². The van der Waals surface area contributed by atoms with Gasteiger partial charge in [0.2, 0.25) is 0 Å². The van der Waals surface area contributed by atoms with Gasteiger partial charge in [0.1, 0.15) is 31.8 Å². The average Bonchev–Trinajstić information content (AvgIpc) is 3.19. The van der Waals surface area contributed by atoms with Gasteiger partial charge in [-0.15, -0.1) is 0 Å². The summed E-state index contributed by atoms with van der Waals surface area (Å²) in [4.78, 5) is 66.6. The lowest BCUT2D eigenvalue weighted by Gasteiger charge is -2.31. The Morgan fingerprint density at radius 2 is 0.475 bits per heavy atom. The smallest absolute Gasteiger partial charge is 0.333 e. The molecule has 340 valence electrons. The molecule has 0 aliphatic heterocycles. The Morgan fingerprint density at radius 1 is 0.339 bits per heavy atom. The predicted octanol–water partition coefficient (Wildman–Crippen LogP) is -0.372. The molecule has 0 saturated carbocycles. The zero-order chi connectivity index (χ0) is 47.7. The van der Waals surface area contributed by atoms with E-state index in [-0.39, 0.29) is 59.9 Å². The molecule has 0 heterocycles. The van der Waals surface area contributed by atoms with Crippen LogP contribution in [-0.2, 0) is 47.7 Å². The second-order valence-corrected chi connectivity index (χ2v) is 13.4. The highest BCUT2D eigenvalue weighted by Gasteiger charge is 2.38. The van der Waals surface area contributed by atoms with Crippen molar-refractivity contribution in [3.8, 4) is 0 Å². The summed E-state index contributed by atoms with van der Waals surface area (Å²) in [7, 11) is 0.